The van der Waals surface area contributed by atoms with Gasteiger partial charge in [-0.1, -0.05) is 85.0 Å². The summed E-state index contributed by atoms with van der Waals surface area (Å²) >= 11 is 0. The fourth-order valence-electron chi connectivity index (χ4n) is 4.81. The smallest absolute Gasteiger partial charge is 0.0651 e. The van der Waals surface area contributed by atoms with Crippen molar-refractivity contribution in [2.24, 2.45) is 0 Å². The van der Waals surface area contributed by atoms with E-state index in [9.17, 15) is 0 Å². The Morgan fingerprint density at radius 3 is 1.84 bits per heavy atom. The molecule has 0 unspecified atom stereocenters. The Bertz CT molecular complexity index is 1040. The van der Waals surface area contributed by atoms with Gasteiger partial charge in [-0.15, -0.1) is 0 Å². The first-order valence-electron chi connectivity index (χ1n) is 8.80. The molecule has 0 nitrogen and oxygen atoms in total. The number of hydrogen-bond donors (Lipinski definition) is 0. The first kappa shape index (κ1) is 13.2. The number of hydrogen-bond acceptors (Lipinski definition) is 0. The van der Waals surface area contributed by atoms with Crippen LogP contribution in [0.4, 0.5) is 0 Å². The van der Waals surface area contributed by atoms with Gasteiger partial charge in [-0.3, -0.25) is 0 Å². The molecule has 116 valence electrons. The highest BCUT2D eigenvalue weighted by Gasteiger charge is 2.54. The normalized spacial score (nSPS) is 17.0. The van der Waals surface area contributed by atoms with Crippen LogP contribution in [0.15, 0.2) is 96.6 Å². The van der Waals surface area contributed by atoms with Gasteiger partial charge in [-0.05, 0) is 56.7 Å². The average Bonchev–Trinajstić information content (AvgIpc) is 3.23. The van der Waals surface area contributed by atoms with Crippen LogP contribution < -0.4 is 0 Å². The van der Waals surface area contributed by atoms with Gasteiger partial charge >= 0.3 is 0 Å². The van der Waals surface area contributed by atoms with Gasteiger partial charge < -0.3 is 0 Å². The first-order valence-corrected chi connectivity index (χ1v) is 8.80. The number of allylic oxidation sites excluding steroid dienone is 5. The highest BCUT2D eigenvalue weighted by Crippen LogP contribution is 2.65. The Kier molecular flexibility index (Phi) is 2.37. The standard InChI is InChI=1S/C25H16/c1-3-9-17(10-4-1)20-16-21(18-11-5-2-6-12-18)24-22-15-19-13-7-8-14-25(19,24)23(20)22/h1-16H. The summed E-state index contributed by atoms with van der Waals surface area (Å²) in [5, 5.41) is 0. The van der Waals surface area contributed by atoms with Crippen LogP contribution in [-0.4, -0.2) is 0 Å². The Morgan fingerprint density at radius 1 is 0.640 bits per heavy atom. The van der Waals surface area contributed by atoms with Crippen molar-refractivity contribution in [3.8, 4) is 22.3 Å². The molecule has 3 aromatic rings. The van der Waals surface area contributed by atoms with Crippen LogP contribution in [-0.2, 0) is 5.41 Å². The molecule has 1 spiro atoms. The molecular formula is C25H16. The Labute approximate surface area is 147 Å². The summed E-state index contributed by atoms with van der Waals surface area (Å²) in [6, 6.07) is 24.0. The third kappa shape index (κ3) is 1.48. The molecule has 3 aromatic carbocycles. The molecule has 5 aliphatic rings. The number of benzene rings is 3. The van der Waals surface area contributed by atoms with Crippen molar-refractivity contribution in [3.05, 3.63) is 113 Å². The molecule has 0 saturated carbocycles. The molecule has 0 aromatic heterocycles. The van der Waals surface area contributed by atoms with Crippen LogP contribution in [0.25, 0.3) is 28.3 Å². The van der Waals surface area contributed by atoms with Crippen LogP contribution in [0.2, 0.25) is 0 Å². The van der Waals surface area contributed by atoms with Crippen LogP contribution in [0, 0.1) is 0 Å². The monoisotopic (exact) mass is 316 g/mol. The van der Waals surface area contributed by atoms with E-state index in [2.05, 4.69) is 97.1 Å². The summed E-state index contributed by atoms with van der Waals surface area (Å²) in [4.78, 5) is 0. The third-order valence-corrected chi connectivity index (χ3v) is 5.81. The zero-order chi connectivity index (χ0) is 16.4. The lowest BCUT2D eigenvalue weighted by atomic mass is 9.58. The summed E-state index contributed by atoms with van der Waals surface area (Å²) in [6.07, 6.45) is 11.4. The highest BCUT2D eigenvalue weighted by molar-refractivity contribution is 6.01. The topological polar surface area (TPSA) is 0 Å². The quantitative estimate of drug-likeness (QED) is 0.532. The molecule has 5 aliphatic carbocycles. The van der Waals surface area contributed by atoms with Crippen molar-refractivity contribution < 1.29 is 0 Å². The fourth-order valence-corrected chi connectivity index (χ4v) is 4.81. The summed E-state index contributed by atoms with van der Waals surface area (Å²) < 4.78 is 0. The van der Waals surface area contributed by atoms with Gasteiger partial charge in [0.2, 0.25) is 0 Å². The molecular weight excluding hydrogens is 300 g/mol. The van der Waals surface area contributed by atoms with E-state index in [1.165, 1.54) is 44.5 Å². The van der Waals surface area contributed by atoms with Gasteiger partial charge in [-0.2, -0.15) is 0 Å². The largest absolute Gasteiger partial charge is 0.0659 e. The fraction of sp³-hybridized carbons (Fsp3) is 0.0400. The highest BCUT2D eigenvalue weighted by atomic mass is 14.6. The van der Waals surface area contributed by atoms with Crippen LogP contribution >= 0.6 is 0 Å². The molecule has 0 radical (unpaired) electrons. The Morgan fingerprint density at radius 2 is 1.24 bits per heavy atom. The molecule has 0 N–H and O–H groups in total. The second-order valence-corrected chi connectivity index (χ2v) is 6.99. The van der Waals surface area contributed by atoms with Gasteiger partial charge in [0.1, 0.15) is 0 Å². The minimum Gasteiger partial charge on any atom is -0.0651 e. The molecule has 0 aliphatic heterocycles. The van der Waals surface area contributed by atoms with Crippen molar-refractivity contribution in [1.29, 1.82) is 0 Å². The van der Waals surface area contributed by atoms with E-state index in [4.69, 9.17) is 0 Å². The van der Waals surface area contributed by atoms with Gasteiger partial charge in [0.05, 0.1) is 5.41 Å². The van der Waals surface area contributed by atoms with Crippen LogP contribution in [0.5, 0.6) is 0 Å². The predicted octanol–water partition coefficient (Wildman–Crippen LogP) is 6.14. The van der Waals surface area contributed by atoms with Crippen LogP contribution in [0.1, 0.15) is 16.7 Å². The molecule has 0 fully saturated rings. The zero-order valence-electron chi connectivity index (χ0n) is 13.7. The molecule has 0 saturated heterocycles. The minimum absolute atomic E-state index is 0.0187. The molecule has 0 heteroatoms. The molecule has 0 amide bonds. The summed E-state index contributed by atoms with van der Waals surface area (Å²) in [6.45, 7) is 0. The van der Waals surface area contributed by atoms with Crippen LogP contribution in [0.3, 0.4) is 0 Å². The number of fused-ring (bicyclic) bond motifs is 2. The van der Waals surface area contributed by atoms with E-state index >= 15 is 0 Å². The van der Waals surface area contributed by atoms with E-state index in [0.717, 1.165) is 0 Å². The minimum atomic E-state index is -0.0187. The second-order valence-electron chi connectivity index (χ2n) is 6.99. The second kappa shape index (κ2) is 4.49. The lowest BCUT2D eigenvalue weighted by molar-refractivity contribution is 0.748. The van der Waals surface area contributed by atoms with E-state index in [1.807, 2.05) is 0 Å². The van der Waals surface area contributed by atoms with Crippen molar-refractivity contribution in [3.63, 3.8) is 0 Å². The molecule has 25 heavy (non-hydrogen) atoms. The predicted molar refractivity (Wildman–Crippen MR) is 104 cm³/mol. The summed E-state index contributed by atoms with van der Waals surface area (Å²) in [5.41, 5.74) is 11.2. The SMILES string of the molecule is C1=CC2=Cc3c4c(-c5ccccc5)cc(-c5ccccc5)c3C24C=C1. The molecule has 4 bridgehead atoms. The van der Waals surface area contributed by atoms with Crippen molar-refractivity contribution in [1.82, 2.24) is 0 Å². The van der Waals surface area contributed by atoms with Gasteiger partial charge in [-0.25, -0.2) is 0 Å². The summed E-state index contributed by atoms with van der Waals surface area (Å²) in [5.74, 6) is 0. The third-order valence-electron chi connectivity index (χ3n) is 5.81. The van der Waals surface area contributed by atoms with Gasteiger partial charge in [0.15, 0.2) is 0 Å². The molecule has 0 heterocycles. The van der Waals surface area contributed by atoms with Crippen molar-refractivity contribution in [2.45, 2.75) is 5.41 Å². The lowest BCUT2D eigenvalue weighted by Crippen LogP contribution is -2.35. The Balaban J connectivity index is 1.70. The molecule has 0 atom stereocenters. The maximum Gasteiger partial charge on any atom is 0.0659 e. The van der Waals surface area contributed by atoms with E-state index in [-0.39, 0.29) is 5.41 Å². The zero-order valence-corrected chi connectivity index (χ0v) is 13.7. The summed E-state index contributed by atoms with van der Waals surface area (Å²) in [7, 11) is 0. The maximum absolute atomic E-state index is 2.40. The average molecular weight is 316 g/mol. The maximum atomic E-state index is 2.40. The van der Waals surface area contributed by atoms with Gasteiger partial charge in [0.25, 0.3) is 0 Å². The van der Waals surface area contributed by atoms with Crippen molar-refractivity contribution in [2.75, 3.05) is 0 Å². The number of rotatable bonds is 2. The Hall–Kier alpha value is -3.12. The van der Waals surface area contributed by atoms with Gasteiger partial charge in [0, 0.05) is 0 Å². The first-order chi connectivity index (χ1) is 12.4. The van der Waals surface area contributed by atoms with E-state index < -0.39 is 0 Å². The van der Waals surface area contributed by atoms with E-state index in [1.54, 1.807) is 0 Å². The lowest BCUT2D eigenvalue weighted by Gasteiger charge is -2.43. The van der Waals surface area contributed by atoms with E-state index in [0.29, 0.717) is 0 Å². The van der Waals surface area contributed by atoms with Crippen molar-refractivity contribution >= 4 is 6.08 Å². The molecule has 8 rings (SSSR count).